The number of carbonyl (C=O) groups excluding carboxylic acids is 2. The zero-order valence-corrected chi connectivity index (χ0v) is 14.6. The van der Waals surface area contributed by atoms with Crippen LogP contribution in [0.15, 0.2) is 30.3 Å². The summed E-state index contributed by atoms with van der Waals surface area (Å²) in [5.74, 6) is -1.12. The molecule has 0 heterocycles. The predicted molar refractivity (Wildman–Crippen MR) is 88.4 cm³/mol. The molecule has 0 aliphatic rings. The Morgan fingerprint density at radius 2 is 1.71 bits per heavy atom. The SMILES string of the molecule is CC(=O)OC[C@](C)(O)[C@H](CCC(C)(C)O)OC(=O)c1ccccc1. The van der Waals surface area contributed by atoms with E-state index in [0.717, 1.165) is 0 Å². The van der Waals surface area contributed by atoms with Gasteiger partial charge in [0.15, 0.2) is 0 Å². The largest absolute Gasteiger partial charge is 0.463 e. The Labute approximate surface area is 142 Å². The second-order valence-corrected chi connectivity index (χ2v) is 6.75. The van der Waals surface area contributed by atoms with Crippen LogP contribution < -0.4 is 0 Å². The normalized spacial score (nSPS) is 15.2. The van der Waals surface area contributed by atoms with Crippen LogP contribution in [0.2, 0.25) is 0 Å². The summed E-state index contributed by atoms with van der Waals surface area (Å²) < 4.78 is 10.3. The zero-order valence-electron chi connectivity index (χ0n) is 14.6. The van der Waals surface area contributed by atoms with Crippen LogP contribution in [-0.4, -0.2) is 46.1 Å². The summed E-state index contributed by atoms with van der Waals surface area (Å²) in [5.41, 5.74) is -2.19. The molecule has 2 N–H and O–H groups in total. The van der Waals surface area contributed by atoms with Crippen LogP contribution >= 0.6 is 0 Å². The highest BCUT2D eigenvalue weighted by atomic mass is 16.6. The molecule has 0 fully saturated rings. The standard InChI is InChI=1S/C18H26O6/c1-13(19)23-12-18(4,22)15(10-11-17(2,3)21)24-16(20)14-8-6-5-7-9-14/h5-9,15,21-22H,10-12H2,1-4H3/t15-,18-/m0/s1. The summed E-state index contributed by atoms with van der Waals surface area (Å²) in [4.78, 5) is 23.3. The van der Waals surface area contributed by atoms with Gasteiger partial charge in [-0.15, -0.1) is 0 Å². The maximum absolute atomic E-state index is 12.3. The van der Waals surface area contributed by atoms with Crippen LogP contribution in [0.1, 0.15) is 50.9 Å². The van der Waals surface area contributed by atoms with E-state index in [4.69, 9.17) is 9.47 Å². The molecule has 134 valence electrons. The topological polar surface area (TPSA) is 93.1 Å². The molecule has 6 nitrogen and oxygen atoms in total. The average Bonchev–Trinajstić information content (AvgIpc) is 2.49. The smallest absolute Gasteiger partial charge is 0.338 e. The van der Waals surface area contributed by atoms with E-state index >= 15 is 0 Å². The molecule has 24 heavy (non-hydrogen) atoms. The highest BCUT2D eigenvalue weighted by Gasteiger charge is 2.37. The fourth-order valence-electron chi connectivity index (χ4n) is 2.09. The molecule has 0 aliphatic heterocycles. The number of carbonyl (C=O) groups is 2. The van der Waals surface area contributed by atoms with E-state index in [9.17, 15) is 19.8 Å². The van der Waals surface area contributed by atoms with E-state index in [-0.39, 0.29) is 13.0 Å². The van der Waals surface area contributed by atoms with E-state index < -0.39 is 29.2 Å². The van der Waals surface area contributed by atoms with Crippen molar-refractivity contribution in [1.82, 2.24) is 0 Å². The summed E-state index contributed by atoms with van der Waals surface area (Å²) in [5, 5.41) is 20.5. The zero-order chi connectivity index (χ0) is 18.4. The predicted octanol–water partition coefficient (Wildman–Crippen LogP) is 2.08. The molecule has 0 spiro atoms. The molecule has 0 amide bonds. The molecular weight excluding hydrogens is 312 g/mol. The molecule has 0 bridgehead atoms. The van der Waals surface area contributed by atoms with Crippen molar-refractivity contribution in [2.75, 3.05) is 6.61 Å². The summed E-state index contributed by atoms with van der Waals surface area (Å²) in [6.07, 6.45) is -0.414. The Morgan fingerprint density at radius 3 is 2.21 bits per heavy atom. The number of benzene rings is 1. The minimum atomic E-state index is -1.57. The van der Waals surface area contributed by atoms with Gasteiger partial charge in [-0.25, -0.2) is 4.79 Å². The van der Waals surface area contributed by atoms with E-state index in [2.05, 4.69) is 0 Å². The van der Waals surface area contributed by atoms with E-state index in [0.29, 0.717) is 12.0 Å². The Balaban J connectivity index is 2.87. The molecule has 0 saturated carbocycles. The van der Waals surface area contributed by atoms with Gasteiger partial charge in [-0.2, -0.15) is 0 Å². The highest BCUT2D eigenvalue weighted by molar-refractivity contribution is 5.89. The summed E-state index contributed by atoms with van der Waals surface area (Å²) in [6, 6.07) is 8.41. The Kier molecular flexibility index (Phi) is 6.93. The molecule has 2 atom stereocenters. The van der Waals surface area contributed by atoms with Crippen molar-refractivity contribution in [3.05, 3.63) is 35.9 Å². The lowest BCUT2D eigenvalue weighted by atomic mass is 9.91. The maximum atomic E-state index is 12.3. The van der Waals surface area contributed by atoms with Gasteiger partial charge in [-0.3, -0.25) is 4.79 Å². The van der Waals surface area contributed by atoms with Crippen LogP contribution in [0.3, 0.4) is 0 Å². The number of esters is 2. The third kappa shape index (κ3) is 7.10. The van der Waals surface area contributed by atoms with Crippen LogP contribution in [0.4, 0.5) is 0 Å². The minimum Gasteiger partial charge on any atom is -0.463 e. The van der Waals surface area contributed by atoms with Crippen LogP contribution in [0, 0.1) is 0 Å². The first-order chi connectivity index (χ1) is 11.0. The fourth-order valence-corrected chi connectivity index (χ4v) is 2.09. The Morgan fingerprint density at radius 1 is 1.12 bits per heavy atom. The molecule has 0 aliphatic carbocycles. The maximum Gasteiger partial charge on any atom is 0.338 e. The first-order valence-electron chi connectivity index (χ1n) is 7.85. The van der Waals surface area contributed by atoms with Crippen molar-refractivity contribution in [3.63, 3.8) is 0 Å². The quantitative estimate of drug-likeness (QED) is 0.705. The Hall–Kier alpha value is -1.92. The van der Waals surface area contributed by atoms with Crippen molar-refractivity contribution < 1.29 is 29.3 Å². The molecule has 6 heteroatoms. The second kappa shape index (κ2) is 8.26. The fraction of sp³-hybridized carbons (Fsp3) is 0.556. The van der Waals surface area contributed by atoms with Gasteiger partial charge in [0, 0.05) is 6.92 Å². The first-order valence-corrected chi connectivity index (χ1v) is 7.85. The molecule has 0 saturated heterocycles. The van der Waals surface area contributed by atoms with Gasteiger partial charge in [0.25, 0.3) is 0 Å². The average molecular weight is 338 g/mol. The molecule has 0 unspecified atom stereocenters. The number of rotatable bonds is 8. The number of aliphatic hydroxyl groups is 2. The lowest BCUT2D eigenvalue weighted by Gasteiger charge is -2.33. The third-order valence-corrected chi connectivity index (χ3v) is 3.54. The lowest BCUT2D eigenvalue weighted by Crippen LogP contribution is -2.47. The molecular formula is C18H26O6. The van der Waals surface area contributed by atoms with Gasteiger partial charge >= 0.3 is 11.9 Å². The summed E-state index contributed by atoms with van der Waals surface area (Å²) in [7, 11) is 0. The lowest BCUT2D eigenvalue weighted by molar-refractivity contribution is -0.157. The second-order valence-electron chi connectivity index (χ2n) is 6.75. The number of ether oxygens (including phenoxy) is 2. The van der Waals surface area contributed by atoms with E-state index in [1.165, 1.54) is 13.8 Å². The van der Waals surface area contributed by atoms with Crippen molar-refractivity contribution >= 4 is 11.9 Å². The van der Waals surface area contributed by atoms with Crippen LogP contribution in [-0.2, 0) is 14.3 Å². The van der Waals surface area contributed by atoms with Gasteiger partial charge < -0.3 is 19.7 Å². The summed E-state index contributed by atoms with van der Waals surface area (Å²) >= 11 is 0. The van der Waals surface area contributed by atoms with Crippen molar-refractivity contribution in [3.8, 4) is 0 Å². The summed E-state index contributed by atoms with van der Waals surface area (Å²) in [6.45, 7) is 5.62. The third-order valence-electron chi connectivity index (χ3n) is 3.54. The molecule has 1 aromatic carbocycles. The molecule has 1 rings (SSSR count). The van der Waals surface area contributed by atoms with E-state index in [1.807, 2.05) is 0 Å². The van der Waals surface area contributed by atoms with Crippen molar-refractivity contribution in [2.45, 2.75) is 57.8 Å². The van der Waals surface area contributed by atoms with Gasteiger partial charge in [-0.1, -0.05) is 18.2 Å². The monoisotopic (exact) mass is 338 g/mol. The van der Waals surface area contributed by atoms with Crippen LogP contribution in [0.25, 0.3) is 0 Å². The molecule has 0 radical (unpaired) electrons. The van der Waals surface area contributed by atoms with Gasteiger partial charge in [0.1, 0.15) is 18.3 Å². The van der Waals surface area contributed by atoms with Gasteiger partial charge in [0.2, 0.25) is 0 Å². The molecule has 0 aromatic heterocycles. The molecule has 1 aromatic rings. The minimum absolute atomic E-state index is 0.219. The van der Waals surface area contributed by atoms with Crippen LogP contribution in [0.5, 0.6) is 0 Å². The van der Waals surface area contributed by atoms with Gasteiger partial charge in [0.05, 0.1) is 11.2 Å². The number of hydrogen-bond acceptors (Lipinski definition) is 6. The number of hydrogen-bond donors (Lipinski definition) is 2. The van der Waals surface area contributed by atoms with Gasteiger partial charge in [-0.05, 0) is 45.7 Å². The Bertz CT molecular complexity index is 544. The van der Waals surface area contributed by atoms with Crippen molar-refractivity contribution in [2.24, 2.45) is 0 Å². The van der Waals surface area contributed by atoms with E-state index in [1.54, 1.807) is 44.2 Å². The highest BCUT2D eigenvalue weighted by Crippen LogP contribution is 2.24. The van der Waals surface area contributed by atoms with Crippen molar-refractivity contribution in [1.29, 1.82) is 0 Å². The first kappa shape index (κ1) is 20.1.